The van der Waals surface area contributed by atoms with Gasteiger partial charge < -0.3 is 14.6 Å². The number of nitrogens with zero attached hydrogens (tertiary/aromatic N) is 2. The number of rotatable bonds is 9. The number of aliphatic hydroxyl groups is 1. The van der Waals surface area contributed by atoms with E-state index in [-0.39, 0.29) is 18.5 Å². The van der Waals surface area contributed by atoms with E-state index in [9.17, 15) is 13.5 Å². The van der Waals surface area contributed by atoms with E-state index < -0.39 is 16.1 Å². The summed E-state index contributed by atoms with van der Waals surface area (Å²) in [4.78, 5) is 2.09. The van der Waals surface area contributed by atoms with Gasteiger partial charge in [0, 0.05) is 39.3 Å². The smallest absolute Gasteiger partial charge is 0.218 e. The maximum Gasteiger partial charge on any atom is 0.218 e. The first-order chi connectivity index (χ1) is 13.0. The van der Waals surface area contributed by atoms with Crippen molar-refractivity contribution in [2.75, 3.05) is 52.5 Å². The van der Waals surface area contributed by atoms with Gasteiger partial charge in [-0.15, -0.1) is 0 Å². The topological polar surface area (TPSA) is 79.3 Å². The Kier molecular flexibility index (Phi) is 7.63. The molecule has 7 nitrogen and oxygen atoms in total. The van der Waals surface area contributed by atoms with Gasteiger partial charge in [0.25, 0.3) is 0 Å². The summed E-state index contributed by atoms with van der Waals surface area (Å²) in [6.45, 7) is 4.27. The van der Waals surface area contributed by atoms with E-state index in [1.807, 2.05) is 30.3 Å². The summed E-state index contributed by atoms with van der Waals surface area (Å²) in [5, 5.41) is 10.2. The van der Waals surface area contributed by atoms with E-state index in [1.165, 1.54) is 0 Å². The normalized spacial score (nSPS) is 23.5. The van der Waals surface area contributed by atoms with Crippen molar-refractivity contribution in [2.24, 2.45) is 0 Å². The second-order valence-electron chi connectivity index (χ2n) is 7.27. The van der Waals surface area contributed by atoms with Gasteiger partial charge in [-0.25, -0.2) is 8.42 Å². The van der Waals surface area contributed by atoms with Crippen molar-refractivity contribution in [1.82, 2.24) is 9.21 Å². The monoisotopic (exact) mass is 398 g/mol. The van der Waals surface area contributed by atoms with Crippen molar-refractivity contribution in [2.45, 2.75) is 30.8 Å². The zero-order chi connectivity index (χ0) is 19.1. The highest BCUT2D eigenvalue weighted by Crippen LogP contribution is 2.14. The number of ether oxygens (including phenoxy) is 2. The third-order valence-electron chi connectivity index (χ3n) is 5.02. The van der Waals surface area contributed by atoms with Gasteiger partial charge >= 0.3 is 0 Å². The molecule has 0 spiro atoms. The van der Waals surface area contributed by atoms with E-state index in [0.717, 1.165) is 25.0 Å². The number of sulfonamides is 1. The summed E-state index contributed by atoms with van der Waals surface area (Å²) < 4.78 is 37.8. The lowest BCUT2D eigenvalue weighted by Crippen LogP contribution is -2.51. The molecule has 152 valence electrons. The summed E-state index contributed by atoms with van der Waals surface area (Å²) in [6, 6.07) is 9.25. The van der Waals surface area contributed by atoms with Crippen molar-refractivity contribution >= 4 is 10.0 Å². The van der Waals surface area contributed by atoms with Crippen LogP contribution in [0.1, 0.15) is 18.4 Å². The highest BCUT2D eigenvalue weighted by atomic mass is 32.2. The van der Waals surface area contributed by atoms with E-state index in [2.05, 4.69) is 4.90 Å². The van der Waals surface area contributed by atoms with Gasteiger partial charge in [-0.2, -0.15) is 4.31 Å². The lowest BCUT2D eigenvalue weighted by atomic mass is 10.2. The molecule has 8 heteroatoms. The Morgan fingerprint density at radius 2 is 1.93 bits per heavy atom. The van der Waals surface area contributed by atoms with Gasteiger partial charge in [-0.3, -0.25) is 4.90 Å². The lowest BCUT2D eigenvalue weighted by Gasteiger charge is -2.34. The molecule has 2 aliphatic rings. The summed E-state index contributed by atoms with van der Waals surface area (Å²) >= 11 is 0. The molecule has 2 saturated heterocycles. The molecule has 1 N–H and O–H groups in total. The highest BCUT2D eigenvalue weighted by Gasteiger charge is 2.28. The molecule has 0 aromatic heterocycles. The van der Waals surface area contributed by atoms with Crippen LogP contribution in [-0.2, 0) is 25.2 Å². The molecule has 0 amide bonds. The SMILES string of the molecule is O=S(=O)(Cc1ccccc1)N1CCN(C[C@@H](O)COC[C@H]2CCCO2)CC1. The van der Waals surface area contributed by atoms with E-state index >= 15 is 0 Å². The van der Waals surface area contributed by atoms with Crippen molar-refractivity contribution in [3.8, 4) is 0 Å². The fourth-order valence-electron chi connectivity index (χ4n) is 3.53. The van der Waals surface area contributed by atoms with Crippen LogP contribution in [0.3, 0.4) is 0 Å². The number of hydrogen-bond donors (Lipinski definition) is 1. The molecule has 0 bridgehead atoms. The molecule has 0 aliphatic carbocycles. The van der Waals surface area contributed by atoms with Gasteiger partial charge in [-0.05, 0) is 18.4 Å². The van der Waals surface area contributed by atoms with Crippen LogP contribution < -0.4 is 0 Å². The summed E-state index contributed by atoms with van der Waals surface area (Å²) in [5.41, 5.74) is 0.804. The fourth-order valence-corrected chi connectivity index (χ4v) is 5.04. The van der Waals surface area contributed by atoms with Crippen LogP contribution in [0.25, 0.3) is 0 Å². The molecule has 3 rings (SSSR count). The van der Waals surface area contributed by atoms with Gasteiger partial charge in [0.1, 0.15) is 0 Å². The molecule has 2 atom stereocenters. The standard InChI is InChI=1S/C19H30N2O5S/c22-18(14-25-15-19-7-4-12-26-19)13-20-8-10-21(11-9-20)27(23,24)16-17-5-2-1-3-6-17/h1-3,5-6,18-19,22H,4,7-16H2/t18-,19-/m1/s1. The molecular weight excluding hydrogens is 368 g/mol. The van der Waals surface area contributed by atoms with E-state index in [1.54, 1.807) is 4.31 Å². The summed E-state index contributed by atoms with van der Waals surface area (Å²) in [5.74, 6) is 0.0353. The van der Waals surface area contributed by atoms with Crippen molar-refractivity contribution in [3.63, 3.8) is 0 Å². The number of benzene rings is 1. The van der Waals surface area contributed by atoms with E-state index in [4.69, 9.17) is 9.47 Å². The van der Waals surface area contributed by atoms with Crippen LogP contribution in [0.5, 0.6) is 0 Å². The predicted molar refractivity (Wildman–Crippen MR) is 103 cm³/mol. The molecule has 1 aromatic rings. The van der Waals surface area contributed by atoms with Crippen molar-refractivity contribution < 1.29 is 23.0 Å². The Balaban J connectivity index is 1.36. The Bertz CT molecular complexity index is 656. The maximum atomic E-state index is 12.6. The second kappa shape index (κ2) is 9.95. The minimum atomic E-state index is -3.31. The molecule has 27 heavy (non-hydrogen) atoms. The van der Waals surface area contributed by atoms with Gasteiger partial charge in [0.15, 0.2) is 0 Å². The van der Waals surface area contributed by atoms with Crippen LogP contribution in [0, 0.1) is 0 Å². The minimum absolute atomic E-state index is 0.0353. The number of aliphatic hydroxyl groups excluding tert-OH is 1. The fraction of sp³-hybridized carbons (Fsp3) is 0.684. The zero-order valence-electron chi connectivity index (χ0n) is 15.7. The van der Waals surface area contributed by atoms with Crippen LogP contribution in [0.2, 0.25) is 0 Å². The Labute approximate surface area is 161 Å². The Morgan fingerprint density at radius 3 is 2.59 bits per heavy atom. The first kappa shape index (κ1) is 20.7. The minimum Gasteiger partial charge on any atom is -0.389 e. The van der Waals surface area contributed by atoms with Crippen molar-refractivity contribution in [1.29, 1.82) is 0 Å². The van der Waals surface area contributed by atoms with Crippen LogP contribution >= 0.6 is 0 Å². The number of β-amino-alcohol motifs (C(OH)–C–C–N with tert-alkyl or cyclic N) is 1. The Hall–Kier alpha value is -1.03. The molecule has 2 fully saturated rings. The summed E-state index contributed by atoms with van der Waals surface area (Å²) in [6.07, 6.45) is 1.69. The average Bonchev–Trinajstić information content (AvgIpc) is 3.16. The average molecular weight is 399 g/mol. The largest absolute Gasteiger partial charge is 0.389 e. The quantitative estimate of drug-likeness (QED) is 0.659. The van der Waals surface area contributed by atoms with Crippen LogP contribution in [0.4, 0.5) is 0 Å². The number of hydrogen-bond acceptors (Lipinski definition) is 6. The van der Waals surface area contributed by atoms with Gasteiger partial charge in [0.2, 0.25) is 10.0 Å². The van der Waals surface area contributed by atoms with Crippen LogP contribution in [0.15, 0.2) is 30.3 Å². The van der Waals surface area contributed by atoms with Crippen LogP contribution in [-0.4, -0.2) is 87.5 Å². The zero-order valence-corrected chi connectivity index (χ0v) is 16.5. The first-order valence-corrected chi connectivity index (χ1v) is 11.3. The molecule has 0 radical (unpaired) electrons. The second-order valence-corrected chi connectivity index (χ2v) is 9.24. The third kappa shape index (κ3) is 6.51. The molecule has 0 saturated carbocycles. The molecule has 2 aliphatic heterocycles. The first-order valence-electron chi connectivity index (χ1n) is 9.64. The maximum absolute atomic E-state index is 12.6. The number of piperazine rings is 1. The van der Waals surface area contributed by atoms with Gasteiger partial charge in [-0.1, -0.05) is 30.3 Å². The molecule has 0 unspecified atom stereocenters. The third-order valence-corrected chi connectivity index (χ3v) is 6.87. The van der Waals surface area contributed by atoms with Crippen molar-refractivity contribution in [3.05, 3.63) is 35.9 Å². The predicted octanol–water partition coefficient (Wildman–Crippen LogP) is 0.691. The molecular formula is C19H30N2O5S. The highest BCUT2D eigenvalue weighted by molar-refractivity contribution is 7.88. The lowest BCUT2D eigenvalue weighted by molar-refractivity contribution is -0.0270. The Morgan fingerprint density at radius 1 is 1.19 bits per heavy atom. The van der Waals surface area contributed by atoms with E-state index in [0.29, 0.717) is 39.3 Å². The summed E-state index contributed by atoms with van der Waals surface area (Å²) in [7, 11) is -3.31. The molecule has 2 heterocycles. The van der Waals surface area contributed by atoms with Gasteiger partial charge in [0.05, 0.1) is 31.2 Å². The molecule has 1 aromatic carbocycles.